The number of hydrogen-bond acceptors (Lipinski definition) is 1. The summed E-state index contributed by atoms with van der Waals surface area (Å²) >= 11 is 0. The lowest BCUT2D eigenvalue weighted by atomic mass is 10.2. The van der Waals surface area contributed by atoms with E-state index < -0.39 is 5.91 Å². The molecule has 0 aliphatic carbocycles. The molecule has 2 nitrogen and oxygen atoms in total. The number of amides is 1. The Labute approximate surface area is 159 Å². The molecule has 0 radical (unpaired) electrons. The summed E-state index contributed by atoms with van der Waals surface area (Å²) in [5.74, 6) is -0.655. The zero-order valence-corrected chi connectivity index (χ0v) is 15.2. The van der Waals surface area contributed by atoms with Crippen LogP contribution in [0.1, 0.15) is 32.6 Å². The van der Waals surface area contributed by atoms with Crippen LogP contribution in [-0.4, -0.2) is 5.91 Å². The summed E-state index contributed by atoms with van der Waals surface area (Å²) in [5.41, 5.74) is 43.1. The summed E-state index contributed by atoms with van der Waals surface area (Å²) in [5, 5.41) is 0. The highest BCUT2D eigenvalue weighted by atomic mass is 16.1. The molecule has 0 fully saturated rings. The van der Waals surface area contributed by atoms with Crippen LogP contribution in [0.25, 0.3) is 0 Å². The van der Waals surface area contributed by atoms with Crippen molar-refractivity contribution in [3.63, 3.8) is 0 Å². The molecule has 128 valence electrons. The first kappa shape index (κ1) is 22.6. The third-order valence-corrected chi connectivity index (χ3v) is 2.53. The molecule has 2 N–H and O–H groups in total. The first-order valence-corrected chi connectivity index (χ1v) is 8.08. The molecule has 0 unspecified atom stereocenters. The second kappa shape index (κ2) is 18.0. The molecule has 0 saturated carbocycles. The van der Waals surface area contributed by atoms with E-state index in [0.29, 0.717) is 0 Å². The quantitative estimate of drug-likeness (QED) is 0.327. The van der Waals surface area contributed by atoms with Crippen LogP contribution < -0.4 is 5.73 Å². The monoisotopic (exact) mass is 347 g/mol. The van der Waals surface area contributed by atoms with E-state index in [1.54, 1.807) is 0 Å². The van der Waals surface area contributed by atoms with Crippen molar-refractivity contribution in [3.8, 4) is 0 Å². The minimum absolute atomic E-state index is 0.0969. The third kappa shape index (κ3) is 16.3. The average molecular weight is 347 g/mol. The fourth-order valence-corrected chi connectivity index (χ4v) is 1.33. The van der Waals surface area contributed by atoms with Gasteiger partial charge in [-0.2, -0.15) is 0 Å². The number of primary amides is 1. The lowest BCUT2D eigenvalue weighted by molar-refractivity contribution is -0.114. The van der Waals surface area contributed by atoms with Crippen molar-refractivity contribution in [2.45, 2.75) is 32.6 Å². The van der Waals surface area contributed by atoms with Gasteiger partial charge in [-0.3, -0.25) is 4.79 Å². The number of rotatable bonds is 6. The van der Waals surface area contributed by atoms with E-state index in [2.05, 4.69) is 99.5 Å². The summed E-state index contributed by atoms with van der Waals surface area (Å²) in [4.78, 5) is 11.3. The average Bonchev–Trinajstić information content (AvgIpc) is 2.66. The molecule has 0 atom stereocenters. The Morgan fingerprint density at radius 3 is 1.93 bits per heavy atom. The van der Waals surface area contributed by atoms with Crippen molar-refractivity contribution >= 4 is 5.91 Å². The highest BCUT2D eigenvalue weighted by Gasteiger charge is 1.96. The Morgan fingerprint density at radius 1 is 0.852 bits per heavy atom. The topological polar surface area (TPSA) is 43.1 Å². The van der Waals surface area contributed by atoms with Crippen LogP contribution in [0, 0.1) is 0 Å². The standard InChI is InChI=1S/C25H17NO/c1-3-5-7-9-11-12-13-14-15-17-19-21-23-24(25(26)27)22-20-18-16-10-8-6-4-2/h16,22H,1,4,6,8,10H2,2H3,(H2,26,27). The van der Waals surface area contributed by atoms with Gasteiger partial charge in [-0.25, -0.2) is 0 Å². The fourth-order valence-electron chi connectivity index (χ4n) is 1.33. The van der Waals surface area contributed by atoms with Crippen molar-refractivity contribution < 1.29 is 4.79 Å². The molecule has 0 saturated heterocycles. The van der Waals surface area contributed by atoms with Gasteiger partial charge in [0.1, 0.15) is 0 Å². The van der Waals surface area contributed by atoms with Crippen molar-refractivity contribution in [1.82, 2.24) is 0 Å². The van der Waals surface area contributed by atoms with E-state index >= 15 is 0 Å². The lowest BCUT2D eigenvalue weighted by Gasteiger charge is -1.88. The molecule has 0 bridgehead atoms. The minimum Gasteiger partial charge on any atom is -0.365 e. The van der Waals surface area contributed by atoms with Crippen LogP contribution in [0.3, 0.4) is 0 Å². The van der Waals surface area contributed by atoms with E-state index in [1.807, 2.05) is 6.08 Å². The number of unbranched alkanes of at least 4 members (excludes halogenated alkanes) is 3. The van der Waals surface area contributed by atoms with Crippen LogP contribution in [0.5, 0.6) is 0 Å². The number of carbonyl (C=O) groups is 1. The number of carbonyl (C=O) groups excluding carboxylic acids is 1. The smallest absolute Gasteiger partial charge is 0.257 e. The molecular weight excluding hydrogens is 330 g/mol. The van der Waals surface area contributed by atoms with E-state index in [-0.39, 0.29) is 5.57 Å². The summed E-state index contributed by atoms with van der Waals surface area (Å²) in [6.07, 6.45) is 7.62. The number of hydrogen-bond donors (Lipinski definition) is 1. The Balaban J connectivity index is 5.71. The van der Waals surface area contributed by atoms with Crippen LogP contribution in [-0.2, 0) is 4.79 Å². The van der Waals surface area contributed by atoms with Gasteiger partial charge in [0, 0.05) is 6.08 Å². The second-order valence-corrected chi connectivity index (χ2v) is 4.59. The highest BCUT2D eigenvalue weighted by Crippen LogP contribution is 1.98. The van der Waals surface area contributed by atoms with Gasteiger partial charge in [-0.05, 0) is 94.3 Å². The van der Waals surface area contributed by atoms with Gasteiger partial charge in [0.15, 0.2) is 0 Å². The van der Waals surface area contributed by atoms with E-state index in [1.165, 1.54) is 18.9 Å². The maximum absolute atomic E-state index is 11.3. The van der Waals surface area contributed by atoms with Gasteiger partial charge in [0.25, 0.3) is 5.91 Å². The largest absolute Gasteiger partial charge is 0.365 e. The minimum atomic E-state index is -0.655. The summed E-state index contributed by atoms with van der Waals surface area (Å²) < 4.78 is 0. The molecule has 0 rings (SSSR count). The van der Waals surface area contributed by atoms with Gasteiger partial charge < -0.3 is 5.73 Å². The van der Waals surface area contributed by atoms with E-state index in [0.717, 1.165) is 12.8 Å². The molecule has 0 aromatic carbocycles. The predicted octanol–water partition coefficient (Wildman–Crippen LogP) is 4.49. The van der Waals surface area contributed by atoms with Gasteiger partial charge in [0.2, 0.25) is 0 Å². The van der Waals surface area contributed by atoms with Crippen LogP contribution in [0.15, 0.2) is 110 Å². The molecule has 0 aromatic rings. The normalized spacial score (nSPS) is 6.26. The third-order valence-electron chi connectivity index (χ3n) is 2.53. The first-order chi connectivity index (χ1) is 13.2. The van der Waals surface area contributed by atoms with Crippen molar-refractivity contribution in [3.05, 3.63) is 110 Å². The van der Waals surface area contributed by atoms with Crippen LogP contribution in [0.4, 0.5) is 0 Å². The van der Waals surface area contributed by atoms with Crippen LogP contribution >= 0.6 is 0 Å². The van der Waals surface area contributed by atoms with Crippen molar-refractivity contribution in [2.24, 2.45) is 5.73 Å². The lowest BCUT2D eigenvalue weighted by Crippen LogP contribution is -2.11. The molecule has 0 aromatic heterocycles. The molecule has 1 amide bonds. The molecule has 0 aliphatic rings. The van der Waals surface area contributed by atoms with E-state index in [9.17, 15) is 4.79 Å². The molecule has 0 spiro atoms. The second-order valence-electron chi connectivity index (χ2n) is 4.59. The summed E-state index contributed by atoms with van der Waals surface area (Å²) in [7, 11) is 0. The SMILES string of the molecule is C=C=C=C=C=C=C=C=C=C=C=C=C=C=C(C=C=C=CCCCCC)C(N)=O. The zero-order chi connectivity index (χ0) is 20.0. The summed E-state index contributed by atoms with van der Waals surface area (Å²) in [6.45, 7) is 5.45. The van der Waals surface area contributed by atoms with Gasteiger partial charge in [-0.1, -0.05) is 37.0 Å². The maximum Gasteiger partial charge on any atom is 0.257 e. The van der Waals surface area contributed by atoms with Crippen molar-refractivity contribution in [1.29, 1.82) is 0 Å². The van der Waals surface area contributed by atoms with Gasteiger partial charge in [0.05, 0.1) is 5.57 Å². The van der Waals surface area contributed by atoms with Gasteiger partial charge >= 0.3 is 0 Å². The number of allylic oxidation sites excluding steroid dienone is 1. The molecule has 0 aliphatic heterocycles. The van der Waals surface area contributed by atoms with E-state index in [4.69, 9.17) is 5.73 Å². The van der Waals surface area contributed by atoms with Crippen molar-refractivity contribution in [2.75, 3.05) is 0 Å². The Morgan fingerprint density at radius 2 is 1.41 bits per heavy atom. The zero-order valence-electron chi connectivity index (χ0n) is 15.2. The maximum atomic E-state index is 11.3. The predicted molar refractivity (Wildman–Crippen MR) is 104 cm³/mol. The van der Waals surface area contributed by atoms with Crippen LogP contribution in [0.2, 0.25) is 0 Å². The Hall–Kier alpha value is -4.35. The molecule has 0 heterocycles. The molecule has 2 heteroatoms. The summed E-state index contributed by atoms with van der Waals surface area (Å²) in [6, 6.07) is 0. The Kier molecular flexibility index (Phi) is 15.1. The highest BCUT2D eigenvalue weighted by molar-refractivity contribution is 5.94. The molecular formula is C25H17NO. The fraction of sp³-hybridized carbons (Fsp3) is 0.200. The number of nitrogens with two attached hydrogens (primary N) is 1. The molecule has 27 heavy (non-hydrogen) atoms. The first-order valence-electron chi connectivity index (χ1n) is 8.08. The van der Waals surface area contributed by atoms with Gasteiger partial charge in [-0.15, -0.1) is 0 Å². The Bertz CT molecular complexity index is 1140.